The maximum Gasteiger partial charge on any atom is 0.331 e. The molecular weight excluding hydrogens is 260 g/mol. The normalized spacial score (nSPS) is 11.8. The summed E-state index contributed by atoms with van der Waals surface area (Å²) in [6.45, 7) is 2.68. The van der Waals surface area contributed by atoms with E-state index in [0.29, 0.717) is 5.76 Å². The van der Waals surface area contributed by atoms with Crippen molar-refractivity contribution in [1.82, 2.24) is 0 Å². The first-order valence-electron chi connectivity index (χ1n) is 5.75. The fourth-order valence-electron chi connectivity index (χ4n) is 1.32. The minimum atomic E-state index is -0.709. The number of carbonyl (C=O) groups is 2. The Labute approximate surface area is 116 Å². The molecule has 1 aromatic rings. The second-order valence-electron chi connectivity index (χ2n) is 3.98. The second kappa shape index (κ2) is 6.95. The first-order valence-corrected chi connectivity index (χ1v) is 5.75. The summed E-state index contributed by atoms with van der Waals surface area (Å²) in [5.41, 5.74) is 5.25. The van der Waals surface area contributed by atoms with Crippen LogP contribution in [0.4, 0.5) is 0 Å². The SMILES string of the molecule is C/C(N)=C(/C#N)C(=O)COC(=O)/C=C/c1ccc(C)o1. The largest absolute Gasteiger partial charge is 0.462 e. The third-order valence-corrected chi connectivity index (χ3v) is 2.28. The molecule has 0 fully saturated rings. The van der Waals surface area contributed by atoms with Crippen LogP contribution in [0, 0.1) is 18.3 Å². The molecule has 0 saturated carbocycles. The summed E-state index contributed by atoms with van der Waals surface area (Å²) < 4.78 is 9.93. The number of rotatable bonds is 5. The molecule has 0 aromatic carbocycles. The predicted molar refractivity (Wildman–Crippen MR) is 70.9 cm³/mol. The molecular formula is C14H14N2O4. The van der Waals surface area contributed by atoms with Crippen molar-refractivity contribution in [2.45, 2.75) is 13.8 Å². The fraction of sp³-hybridized carbons (Fsp3) is 0.214. The van der Waals surface area contributed by atoms with Gasteiger partial charge in [0.05, 0.1) is 0 Å². The number of nitriles is 1. The van der Waals surface area contributed by atoms with Gasteiger partial charge in [0.25, 0.3) is 0 Å². The number of nitrogens with two attached hydrogens (primary N) is 1. The molecule has 0 spiro atoms. The van der Waals surface area contributed by atoms with Crippen molar-refractivity contribution in [2.24, 2.45) is 5.73 Å². The van der Waals surface area contributed by atoms with Crippen LogP contribution >= 0.6 is 0 Å². The quantitative estimate of drug-likeness (QED) is 0.495. The van der Waals surface area contributed by atoms with Gasteiger partial charge in [-0.1, -0.05) is 0 Å². The molecule has 0 aliphatic rings. The van der Waals surface area contributed by atoms with E-state index in [9.17, 15) is 9.59 Å². The Balaban J connectivity index is 2.53. The highest BCUT2D eigenvalue weighted by Gasteiger charge is 2.13. The van der Waals surface area contributed by atoms with E-state index in [1.165, 1.54) is 13.0 Å². The molecule has 0 aliphatic heterocycles. The molecule has 1 heterocycles. The van der Waals surface area contributed by atoms with E-state index in [1.54, 1.807) is 25.1 Å². The lowest BCUT2D eigenvalue weighted by Crippen LogP contribution is -2.16. The molecule has 6 heteroatoms. The van der Waals surface area contributed by atoms with Gasteiger partial charge in [-0.2, -0.15) is 5.26 Å². The number of ketones is 1. The van der Waals surface area contributed by atoms with Gasteiger partial charge in [-0.05, 0) is 32.1 Å². The van der Waals surface area contributed by atoms with Crippen molar-refractivity contribution < 1.29 is 18.7 Å². The molecule has 0 aliphatic carbocycles. The van der Waals surface area contributed by atoms with Crippen LogP contribution in [0.5, 0.6) is 0 Å². The molecule has 2 N–H and O–H groups in total. The lowest BCUT2D eigenvalue weighted by Gasteiger charge is -2.01. The van der Waals surface area contributed by atoms with Gasteiger partial charge < -0.3 is 14.9 Å². The average Bonchev–Trinajstić information content (AvgIpc) is 2.80. The summed E-state index contributed by atoms with van der Waals surface area (Å²) in [6.07, 6.45) is 2.56. The van der Waals surface area contributed by atoms with Crippen LogP contribution in [0.3, 0.4) is 0 Å². The van der Waals surface area contributed by atoms with E-state index in [1.807, 2.05) is 0 Å². The summed E-state index contributed by atoms with van der Waals surface area (Å²) in [5, 5.41) is 8.71. The Morgan fingerprint density at radius 3 is 2.70 bits per heavy atom. The molecule has 0 bridgehead atoms. The van der Waals surface area contributed by atoms with Crippen molar-refractivity contribution >= 4 is 17.8 Å². The Bertz CT molecular complexity index is 613. The van der Waals surface area contributed by atoms with Crippen LogP contribution in [0.25, 0.3) is 6.08 Å². The van der Waals surface area contributed by atoms with Gasteiger partial charge >= 0.3 is 5.97 Å². The number of Topliss-reactive ketones (excluding diaryl/α,β-unsaturated/α-hetero) is 1. The highest BCUT2D eigenvalue weighted by atomic mass is 16.5. The first kappa shape index (κ1) is 15.2. The van der Waals surface area contributed by atoms with E-state index in [0.717, 1.165) is 11.8 Å². The number of furan rings is 1. The molecule has 1 aromatic heterocycles. The van der Waals surface area contributed by atoms with Crippen molar-refractivity contribution in [3.8, 4) is 6.07 Å². The Hall–Kier alpha value is -2.81. The zero-order valence-electron chi connectivity index (χ0n) is 11.2. The molecule has 0 amide bonds. The van der Waals surface area contributed by atoms with E-state index < -0.39 is 18.4 Å². The Morgan fingerprint density at radius 1 is 1.50 bits per heavy atom. The zero-order chi connectivity index (χ0) is 15.1. The molecule has 1 rings (SSSR count). The lowest BCUT2D eigenvalue weighted by atomic mass is 10.1. The molecule has 0 unspecified atom stereocenters. The van der Waals surface area contributed by atoms with E-state index >= 15 is 0 Å². The van der Waals surface area contributed by atoms with E-state index in [4.69, 9.17) is 20.1 Å². The monoisotopic (exact) mass is 274 g/mol. The van der Waals surface area contributed by atoms with Gasteiger partial charge in [0.2, 0.25) is 5.78 Å². The topological polar surface area (TPSA) is 106 Å². The average molecular weight is 274 g/mol. The zero-order valence-corrected chi connectivity index (χ0v) is 11.2. The predicted octanol–water partition coefficient (Wildman–Crippen LogP) is 1.47. The number of hydrogen-bond donors (Lipinski definition) is 1. The second-order valence-corrected chi connectivity index (χ2v) is 3.98. The molecule has 0 atom stereocenters. The van der Waals surface area contributed by atoms with Crippen molar-refractivity contribution in [3.05, 3.63) is 41.0 Å². The molecule has 0 saturated heterocycles. The minimum Gasteiger partial charge on any atom is -0.462 e. The number of allylic oxidation sites excluding steroid dienone is 1. The standard InChI is InChI=1S/C14H14N2O4/c1-9-3-4-11(20-9)5-6-14(18)19-8-13(17)12(7-15)10(2)16/h3-6H,8,16H2,1-2H3/b6-5+,12-10+. The summed E-state index contributed by atoms with van der Waals surface area (Å²) in [4.78, 5) is 22.9. The van der Waals surface area contributed by atoms with E-state index in [-0.39, 0.29) is 11.3 Å². The van der Waals surface area contributed by atoms with Gasteiger partial charge in [0.1, 0.15) is 23.2 Å². The highest BCUT2D eigenvalue weighted by molar-refractivity contribution is 6.01. The third kappa shape index (κ3) is 4.46. The fourth-order valence-corrected chi connectivity index (χ4v) is 1.32. The van der Waals surface area contributed by atoms with Gasteiger partial charge in [0.15, 0.2) is 6.61 Å². The van der Waals surface area contributed by atoms with Crippen LogP contribution in [0.2, 0.25) is 0 Å². The summed E-state index contributed by atoms with van der Waals surface area (Å²) in [6, 6.07) is 5.11. The summed E-state index contributed by atoms with van der Waals surface area (Å²) in [7, 11) is 0. The van der Waals surface area contributed by atoms with Crippen molar-refractivity contribution in [3.63, 3.8) is 0 Å². The van der Waals surface area contributed by atoms with Gasteiger partial charge in [-0.15, -0.1) is 0 Å². The summed E-state index contributed by atoms with van der Waals surface area (Å²) in [5.74, 6) is -0.126. The van der Waals surface area contributed by atoms with Crippen LogP contribution in [-0.4, -0.2) is 18.4 Å². The van der Waals surface area contributed by atoms with Crippen molar-refractivity contribution in [1.29, 1.82) is 5.26 Å². The van der Waals surface area contributed by atoms with Crippen LogP contribution in [0.15, 0.2) is 33.9 Å². The highest BCUT2D eigenvalue weighted by Crippen LogP contribution is 2.08. The van der Waals surface area contributed by atoms with Gasteiger partial charge in [-0.3, -0.25) is 4.79 Å². The third-order valence-electron chi connectivity index (χ3n) is 2.28. The smallest absolute Gasteiger partial charge is 0.331 e. The molecule has 104 valence electrons. The minimum absolute atomic E-state index is 0.0927. The maximum absolute atomic E-state index is 11.5. The molecule has 6 nitrogen and oxygen atoms in total. The van der Waals surface area contributed by atoms with Crippen LogP contribution < -0.4 is 5.73 Å². The van der Waals surface area contributed by atoms with Gasteiger partial charge in [0, 0.05) is 11.8 Å². The first-order chi connectivity index (χ1) is 9.43. The number of carbonyl (C=O) groups excluding carboxylic acids is 2. The number of hydrogen-bond acceptors (Lipinski definition) is 6. The van der Waals surface area contributed by atoms with Crippen molar-refractivity contribution in [2.75, 3.05) is 6.61 Å². The molecule has 20 heavy (non-hydrogen) atoms. The number of nitrogens with zero attached hydrogens (tertiary/aromatic N) is 1. The Kier molecular flexibility index (Phi) is 5.30. The van der Waals surface area contributed by atoms with Crippen LogP contribution in [0.1, 0.15) is 18.4 Å². The van der Waals surface area contributed by atoms with E-state index in [2.05, 4.69) is 0 Å². The van der Waals surface area contributed by atoms with Gasteiger partial charge in [-0.25, -0.2) is 4.79 Å². The Morgan fingerprint density at radius 2 is 2.20 bits per heavy atom. The van der Waals surface area contributed by atoms with Crippen LogP contribution in [-0.2, 0) is 14.3 Å². The maximum atomic E-state index is 11.5. The number of ether oxygens (including phenoxy) is 1. The number of esters is 1. The lowest BCUT2D eigenvalue weighted by molar-refractivity contribution is -0.141. The summed E-state index contributed by atoms with van der Waals surface area (Å²) >= 11 is 0. The number of aryl methyl sites for hydroxylation is 1. The molecule has 0 radical (unpaired) electrons.